The molecule has 0 spiro atoms. The molecule has 6 nitrogen and oxygen atoms in total. The van der Waals surface area contributed by atoms with Crippen molar-refractivity contribution in [2.24, 2.45) is 0 Å². The molecule has 3 N–H and O–H groups in total. The molecule has 122 valence electrons. The zero-order chi connectivity index (χ0) is 16.5. The van der Waals surface area contributed by atoms with Crippen LogP contribution in [0.1, 0.15) is 24.4 Å². The number of aromatic nitrogens is 1. The standard InChI is InChI=1S/C18H17N3O3/c22-17(20-12-6-7-12)16(11-4-2-1-3-5-11)19-13-8-9-15-14(10-13)21-18(23)24-15/h1-5,8-10,12,16,19H,6-7H2,(H,20,22)(H,21,23)/t16-/m1/s1. The average molecular weight is 323 g/mol. The van der Waals surface area contributed by atoms with Gasteiger partial charge in [-0.25, -0.2) is 4.79 Å². The molecule has 1 amide bonds. The van der Waals surface area contributed by atoms with Gasteiger partial charge in [-0.1, -0.05) is 30.3 Å². The number of H-pyrrole nitrogens is 1. The number of carbonyl (C=O) groups excluding carboxylic acids is 1. The summed E-state index contributed by atoms with van der Waals surface area (Å²) < 4.78 is 5.00. The summed E-state index contributed by atoms with van der Waals surface area (Å²) in [5, 5.41) is 6.29. The van der Waals surface area contributed by atoms with E-state index in [1.54, 1.807) is 18.2 Å². The number of hydrogen-bond donors (Lipinski definition) is 3. The van der Waals surface area contributed by atoms with Crippen molar-refractivity contribution in [3.8, 4) is 0 Å². The molecule has 2 aromatic carbocycles. The van der Waals surface area contributed by atoms with Gasteiger partial charge in [0.25, 0.3) is 0 Å². The fourth-order valence-corrected chi connectivity index (χ4v) is 2.67. The van der Waals surface area contributed by atoms with Gasteiger partial charge in [-0.05, 0) is 36.6 Å². The van der Waals surface area contributed by atoms with Gasteiger partial charge in [0, 0.05) is 11.7 Å². The van der Waals surface area contributed by atoms with Crippen LogP contribution in [0.3, 0.4) is 0 Å². The Balaban J connectivity index is 1.64. The molecule has 0 bridgehead atoms. The number of oxazole rings is 1. The minimum absolute atomic E-state index is 0.0514. The third-order valence-electron chi connectivity index (χ3n) is 4.05. The summed E-state index contributed by atoms with van der Waals surface area (Å²) in [5.74, 6) is -0.544. The summed E-state index contributed by atoms with van der Waals surface area (Å²) in [5.41, 5.74) is 2.71. The Labute approximate surface area is 137 Å². The maximum Gasteiger partial charge on any atom is 0.417 e. The Morgan fingerprint density at radius 3 is 2.71 bits per heavy atom. The Kier molecular flexibility index (Phi) is 3.57. The van der Waals surface area contributed by atoms with E-state index in [4.69, 9.17) is 4.42 Å². The van der Waals surface area contributed by atoms with Gasteiger partial charge in [-0.3, -0.25) is 9.78 Å². The number of aromatic amines is 1. The number of amides is 1. The van der Waals surface area contributed by atoms with Crippen molar-refractivity contribution in [3.05, 3.63) is 64.6 Å². The van der Waals surface area contributed by atoms with Gasteiger partial charge in [-0.15, -0.1) is 0 Å². The van der Waals surface area contributed by atoms with Crippen LogP contribution in [0.2, 0.25) is 0 Å². The van der Waals surface area contributed by atoms with Crippen LogP contribution in [-0.4, -0.2) is 16.9 Å². The summed E-state index contributed by atoms with van der Waals surface area (Å²) >= 11 is 0. The maximum absolute atomic E-state index is 12.6. The molecular formula is C18H17N3O3. The molecule has 1 saturated carbocycles. The van der Waals surface area contributed by atoms with E-state index in [2.05, 4.69) is 15.6 Å². The molecule has 1 aromatic heterocycles. The van der Waals surface area contributed by atoms with Crippen molar-refractivity contribution in [1.29, 1.82) is 0 Å². The minimum Gasteiger partial charge on any atom is -0.408 e. The third-order valence-corrected chi connectivity index (χ3v) is 4.05. The number of rotatable bonds is 5. The summed E-state index contributed by atoms with van der Waals surface area (Å²) in [6.45, 7) is 0. The number of fused-ring (bicyclic) bond motifs is 1. The molecule has 0 aliphatic heterocycles. The largest absolute Gasteiger partial charge is 0.417 e. The summed E-state index contributed by atoms with van der Waals surface area (Å²) in [7, 11) is 0. The molecule has 6 heteroatoms. The van der Waals surface area contributed by atoms with Crippen LogP contribution in [0.25, 0.3) is 11.1 Å². The number of hydrogen-bond acceptors (Lipinski definition) is 4. The van der Waals surface area contributed by atoms with E-state index in [0.717, 1.165) is 24.1 Å². The molecule has 1 aliphatic rings. The normalized spacial score (nSPS) is 15.2. The van der Waals surface area contributed by atoms with Crippen molar-refractivity contribution < 1.29 is 9.21 Å². The van der Waals surface area contributed by atoms with E-state index >= 15 is 0 Å². The van der Waals surface area contributed by atoms with Crippen LogP contribution < -0.4 is 16.4 Å². The van der Waals surface area contributed by atoms with Gasteiger partial charge in [0.1, 0.15) is 6.04 Å². The second-order valence-electron chi connectivity index (χ2n) is 6.00. The van der Waals surface area contributed by atoms with Gasteiger partial charge in [-0.2, -0.15) is 0 Å². The first-order chi connectivity index (χ1) is 11.7. The van der Waals surface area contributed by atoms with Crippen LogP contribution in [0.15, 0.2) is 57.7 Å². The Morgan fingerprint density at radius 1 is 1.17 bits per heavy atom. The van der Waals surface area contributed by atoms with Crippen molar-refractivity contribution >= 4 is 22.7 Å². The van der Waals surface area contributed by atoms with Gasteiger partial charge in [0.05, 0.1) is 5.52 Å². The van der Waals surface area contributed by atoms with E-state index in [1.807, 2.05) is 30.3 Å². The summed E-state index contributed by atoms with van der Waals surface area (Å²) in [6, 6.07) is 14.6. The lowest BCUT2D eigenvalue weighted by atomic mass is 10.1. The van der Waals surface area contributed by atoms with Crippen molar-refractivity contribution in [3.63, 3.8) is 0 Å². The first-order valence-corrected chi connectivity index (χ1v) is 7.94. The smallest absolute Gasteiger partial charge is 0.408 e. The lowest BCUT2D eigenvalue weighted by Crippen LogP contribution is -2.34. The molecule has 1 heterocycles. The lowest BCUT2D eigenvalue weighted by molar-refractivity contribution is -0.122. The SMILES string of the molecule is O=C(NC1CC1)[C@H](Nc1ccc2oc(=O)[nH]c2c1)c1ccccc1. The molecule has 1 aliphatic carbocycles. The number of carbonyl (C=O) groups is 1. The predicted molar refractivity (Wildman–Crippen MR) is 90.8 cm³/mol. The molecule has 1 atom stereocenters. The summed E-state index contributed by atoms with van der Waals surface area (Å²) in [4.78, 5) is 26.5. The fourth-order valence-electron chi connectivity index (χ4n) is 2.67. The Morgan fingerprint density at radius 2 is 1.96 bits per heavy atom. The van der Waals surface area contributed by atoms with Gasteiger partial charge in [0.2, 0.25) is 5.91 Å². The zero-order valence-corrected chi connectivity index (χ0v) is 12.9. The van der Waals surface area contributed by atoms with E-state index in [1.165, 1.54) is 0 Å². The van der Waals surface area contributed by atoms with E-state index in [-0.39, 0.29) is 5.91 Å². The Hall–Kier alpha value is -3.02. The zero-order valence-electron chi connectivity index (χ0n) is 12.9. The monoisotopic (exact) mass is 323 g/mol. The molecule has 24 heavy (non-hydrogen) atoms. The van der Waals surface area contributed by atoms with Gasteiger partial charge < -0.3 is 15.1 Å². The Bertz CT molecular complexity index is 925. The first-order valence-electron chi connectivity index (χ1n) is 7.94. The number of benzene rings is 2. The van der Waals surface area contributed by atoms with E-state index < -0.39 is 11.8 Å². The molecule has 0 saturated heterocycles. The number of anilines is 1. The van der Waals surface area contributed by atoms with Gasteiger partial charge >= 0.3 is 5.76 Å². The average Bonchev–Trinajstić information content (AvgIpc) is 3.31. The van der Waals surface area contributed by atoms with Crippen LogP contribution in [0, 0.1) is 0 Å². The molecule has 1 fully saturated rings. The fraction of sp³-hybridized carbons (Fsp3) is 0.222. The van der Waals surface area contributed by atoms with Crippen LogP contribution in [0.5, 0.6) is 0 Å². The van der Waals surface area contributed by atoms with E-state index in [9.17, 15) is 9.59 Å². The third kappa shape index (κ3) is 3.03. The second-order valence-corrected chi connectivity index (χ2v) is 6.00. The quantitative estimate of drug-likeness (QED) is 0.673. The highest BCUT2D eigenvalue weighted by molar-refractivity contribution is 5.87. The molecule has 0 unspecified atom stereocenters. The van der Waals surface area contributed by atoms with E-state index in [0.29, 0.717) is 17.1 Å². The summed E-state index contributed by atoms with van der Waals surface area (Å²) in [6.07, 6.45) is 2.07. The number of nitrogens with one attached hydrogen (secondary N) is 3. The van der Waals surface area contributed by atoms with Crippen molar-refractivity contribution in [1.82, 2.24) is 10.3 Å². The van der Waals surface area contributed by atoms with Crippen LogP contribution in [-0.2, 0) is 4.79 Å². The predicted octanol–water partition coefficient (Wildman–Crippen LogP) is 2.55. The second kappa shape index (κ2) is 5.88. The molecular weight excluding hydrogens is 306 g/mol. The van der Waals surface area contributed by atoms with Crippen LogP contribution >= 0.6 is 0 Å². The van der Waals surface area contributed by atoms with Crippen molar-refractivity contribution in [2.45, 2.75) is 24.9 Å². The minimum atomic E-state index is -0.497. The maximum atomic E-state index is 12.6. The lowest BCUT2D eigenvalue weighted by Gasteiger charge is -2.20. The van der Waals surface area contributed by atoms with Gasteiger partial charge in [0.15, 0.2) is 5.58 Å². The highest BCUT2D eigenvalue weighted by Crippen LogP contribution is 2.25. The van der Waals surface area contributed by atoms with Crippen molar-refractivity contribution in [2.75, 3.05) is 5.32 Å². The molecule has 0 radical (unpaired) electrons. The van der Waals surface area contributed by atoms with Crippen LogP contribution in [0.4, 0.5) is 5.69 Å². The first kappa shape index (κ1) is 14.6. The highest BCUT2D eigenvalue weighted by Gasteiger charge is 2.28. The topological polar surface area (TPSA) is 87.1 Å². The highest BCUT2D eigenvalue weighted by atomic mass is 16.4. The molecule has 3 aromatic rings. The molecule has 4 rings (SSSR count).